The quantitative estimate of drug-likeness (QED) is 0.774. The first kappa shape index (κ1) is 19.2. The van der Waals surface area contributed by atoms with E-state index in [1.165, 1.54) is 32.1 Å². The third-order valence-corrected chi connectivity index (χ3v) is 7.92. The number of nitrogens with zero attached hydrogens (tertiary/aromatic N) is 2. The summed E-state index contributed by atoms with van der Waals surface area (Å²) < 4.78 is 0. The van der Waals surface area contributed by atoms with Crippen molar-refractivity contribution in [1.29, 1.82) is 0 Å². The number of amides is 3. The molecule has 4 aliphatic carbocycles. The van der Waals surface area contributed by atoms with Crippen LogP contribution in [0.1, 0.15) is 38.5 Å². The molecule has 4 bridgehead atoms. The number of rotatable bonds is 2. The van der Waals surface area contributed by atoms with Gasteiger partial charge in [0.1, 0.15) is 0 Å². The van der Waals surface area contributed by atoms with Gasteiger partial charge >= 0.3 is 6.03 Å². The van der Waals surface area contributed by atoms with Gasteiger partial charge in [0.15, 0.2) is 0 Å². The van der Waals surface area contributed by atoms with Crippen LogP contribution in [-0.2, 0) is 4.79 Å². The van der Waals surface area contributed by atoms with E-state index in [4.69, 9.17) is 11.6 Å². The van der Waals surface area contributed by atoms with Crippen LogP contribution >= 0.6 is 11.6 Å². The van der Waals surface area contributed by atoms with Crippen molar-refractivity contribution in [2.45, 2.75) is 38.5 Å². The van der Waals surface area contributed by atoms with Gasteiger partial charge in [-0.25, -0.2) is 4.79 Å². The molecule has 6 rings (SSSR count). The number of urea groups is 1. The molecule has 1 aromatic rings. The first-order valence-corrected chi connectivity index (χ1v) is 11.5. The molecule has 1 heterocycles. The Labute approximate surface area is 177 Å². The van der Waals surface area contributed by atoms with Crippen molar-refractivity contribution in [3.8, 4) is 0 Å². The molecule has 6 heteroatoms. The number of nitrogens with one attached hydrogen (secondary N) is 1. The molecule has 156 valence electrons. The van der Waals surface area contributed by atoms with Crippen LogP contribution < -0.4 is 5.32 Å². The van der Waals surface area contributed by atoms with E-state index >= 15 is 0 Å². The zero-order valence-electron chi connectivity index (χ0n) is 16.9. The van der Waals surface area contributed by atoms with E-state index in [-0.39, 0.29) is 11.9 Å². The van der Waals surface area contributed by atoms with E-state index in [1.54, 1.807) is 12.1 Å². The van der Waals surface area contributed by atoms with E-state index in [1.807, 2.05) is 17.0 Å². The molecule has 4 saturated carbocycles. The van der Waals surface area contributed by atoms with Crippen LogP contribution in [0, 0.1) is 29.6 Å². The number of hydrogen-bond acceptors (Lipinski definition) is 2. The zero-order valence-corrected chi connectivity index (χ0v) is 17.6. The lowest BCUT2D eigenvalue weighted by Crippen LogP contribution is -2.52. The van der Waals surface area contributed by atoms with Crippen LogP contribution in [0.2, 0.25) is 5.02 Å². The fourth-order valence-corrected chi connectivity index (χ4v) is 6.84. The summed E-state index contributed by atoms with van der Waals surface area (Å²) >= 11 is 6.01. The van der Waals surface area contributed by atoms with Gasteiger partial charge < -0.3 is 15.1 Å². The third-order valence-electron chi connectivity index (χ3n) is 7.68. The average molecular weight is 416 g/mol. The minimum Gasteiger partial charge on any atom is -0.341 e. The fraction of sp³-hybridized carbons (Fsp3) is 0.652. The monoisotopic (exact) mass is 415 g/mol. The maximum atomic E-state index is 13.4. The van der Waals surface area contributed by atoms with Crippen molar-refractivity contribution in [1.82, 2.24) is 9.80 Å². The van der Waals surface area contributed by atoms with Crippen LogP contribution in [0.5, 0.6) is 0 Å². The summed E-state index contributed by atoms with van der Waals surface area (Å²) in [5.41, 5.74) is 0.702. The average Bonchev–Trinajstić information content (AvgIpc) is 2.93. The van der Waals surface area contributed by atoms with Gasteiger partial charge in [0, 0.05) is 42.8 Å². The number of carbonyl (C=O) groups is 2. The van der Waals surface area contributed by atoms with E-state index < -0.39 is 0 Å². The first-order chi connectivity index (χ1) is 14.1. The van der Waals surface area contributed by atoms with Gasteiger partial charge in [-0.05, 0) is 80.4 Å². The Kier molecular flexibility index (Phi) is 5.19. The van der Waals surface area contributed by atoms with Gasteiger partial charge in [0.2, 0.25) is 5.91 Å². The Morgan fingerprint density at radius 2 is 1.55 bits per heavy atom. The van der Waals surface area contributed by atoms with Crippen molar-refractivity contribution in [2.75, 3.05) is 31.5 Å². The molecule has 0 unspecified atom stereocenters. The smallest absolute Gasteiger partial charge is 0.321 e. The molecule has 3 amide bonds. The van der Waals surface area contributed by atoms with Crippen molar-refractivity contribution < 1.29 is 9.59 Å². The summed E-state index contributed by atoms with van der Waals surface area (Å²) in [6.07, 6.45) is 7.32. The molecule has 5 fully saturated rings. The number of hydrogen-bond donors (Lipinski definition) is 1. The Hall–Kier alpha value is -1.75. The Balaban J connectivity index is 1.20. The molecular weight excluding hydrogens is 386 g/mol. The van der Waals surface area contributed by atoms with Crippen molar-refractivity contribution in [3.63, 3.8) is 0 Å². The highest BCUT2D eigenvalue weighted by Gasteiger charge is 2.51. The highest BCUT2D eigenvalue weighted by molar-refractivity contribution is 6.30. The normalized spacial score (nSPS) is 33.5. The summed E-state index contributed by atoms with van der Waals surface area (Å²) in [5, 5.41) is 3.53. The zero-order chi connectivity index (χ0) is 20.0. The minimum atomic E-state index is -0.115. The number of carbonyl (C=O) groups excluding carboxylic acids is 2. The Morgan fingerprint density at radius 1 is 0.897 bits per heavy atom. The number of anilines is 1. The Morgan fingerprint density at radius 3 is 2.24 bits per heavy atom. The van der Waals surface area contributed by atoms with Gasteiger partial charge in [-0.1, -0.05) is 17.7 Å². The SMILES string of the molecule is O=C(Nc1cccc(Cl)c1)N1CCCN(C(=O)C2C3CC4CC(C3)CC2C4)CC1. The summed E-state index contributed by atoms with van der Waals surface area (Å²) in [4.78, 5) is 30.0. The molecule has 0 radical (unpaired) electrons. The van der Waals surface area contributed by atoms with Gasteiger partial charge in [-0.15, -0.1) is 0 Å². The molecule has 1 N–H and O–H groups in total. The van der Waals surface area contributed by atoms with Gasteiger partial charge in [-0.2, -0.15) is 0 Å². The van der Waals surface area contributed by atoms with Crippen LogP contribution in [-0.4, -0.2) is 47.9 Å². The van der Waals surface area contributed by atoms with E-state index in [2.05, 4.69) is 10.2 Å². The molecule has 5 nitrogen and oxygen atoms in total. The molecule has 5 aliphatic rings. The number of halogens is 1. The topological polar surface area (TPSA) is 52.7 Å². The van der Waals surface area contributed by atoms with E-state index in [0.29, 0.717) is 48.1 Å². The van der Waals surface area contributed by atoms with E-state index in [0.717, 1.165) is 24.8 Å². The predicted molar refractivity (Wildman–Crippen MR) is 114 cm³/mol. The maximum absolute atomic E-state index is 13.4. The fourth-order valence-electron chi connectivity index (χ4n) is 6.65. The molecule has 0 aromatic heterocycles. The molecule has 1 aromatic carbocycles. The number of benzene rings is 1. The summed E-state index contributed by atoms with van der Waals surface area (Å²) in [6, 6.07) is 7.09. The second kappa shape index (κ2) is 7.82. The van der Waals surface area contributed by atoms with Crippen molar-refractivity contribution >= 4 is 29.2 Å². The third kappa shape index (κ3) is 3.86. The van der Waals surface area contributed by atoms with Gasteiger partial charge in [-0.3, -0.25) is 4.79 Å². The molecule has 0 atom stereocenters. The van der Waals surface area contributed by atoms with Crippen LogP contribution in [0.3, 0.4) is 0 Å². The second-order valence-electron chi connectivity index (χ2n) is 9.56. The lowest BCUT2D eigenvalue weighted by molar-refractivity contribution is -0.148. The van der Waals surface area contributed by atoms with Gasteiger partial charge in [0.25, 0.3) is 0 Å². The Bertz CT molecular complexity index is 770. The van der Waals surface area contributed by atoms with Crippen LogP contribution in [0.25, 0.3) is 0 Å². The highest BCUT2D eigenvalue weighted by Crippen LogP contribution is 2.56. The first-order valence-electron chi connectivity index (χ1n) is 11.2. The standard InChI is InChI=1S/C23H30ClN3O2/c24-19-3-1-4-20(14-19)25-23(29)27-6-2-5-26(7-8-27)22(28)21-17-10-15-9-16(12-17)13-18(21)11-15/h1,3-4,14-18,21H,2,5-13H2,(H,25,29). The molecule has 1 aliphatic heterocycles. The van der Waals surface area contributed by atoms with Crippen molar-refractivity contribution in [2.24, 2.45) is 29.6 Å². The summed E-state index contributed by atoms with van der Waals surface area (Å²) in [5.74, 6) is 3.62. The van der Waals surface area contributed by atoms with Crippen LogP contribution in [0.15, 0.2) is 24.3 Å². The van der Waals surface area contributed by atoms with Crippen LogP contribution in [0.4, 0.5) is 10.5 Å². The van der Waals surface area contributed by atoms with E-state index in [9.17, 15) is 9.59 Å². The summed E-state index contributed by atoms with van der Waals surface area (Å²) in [7, 11) is 0. The maximum Gasteiger partial charge on any atom is 0.321 e. The lowest BCUT2D eigenvalue weighted by atomic mass is 9.51. The van der Waals surface area contributed by atoms with Crippen molar-refractivity contribution in [3.05, 3.63) is 29.3 Å². The largest absolute Gasteiger partial charge is 0.341 e. The summed E-state index contributed by atoms with van der Waals surface area (Å²) in [6.45, 7) is 2.68. The molecular formula is C23H30ClN3O2. The predicted octanol–water partition coefficient (Wildman–Crippen LogP) is 4.48. The molecule has 1 saturated heterocycles. The lowest BCUT2D eigenvalue weighted by Gasteiger charge is -2.54. The molecule has 29 heavy (non-hydrogen) atoms. The molecule has 0 spiro atoms. The van der Waals surface area contributed by atoms with Gasteiger partial charge in [0.05, 0.1) is 0 Å². The minimum absolute atomic E-state index is 0.115. The highest BCUT2D eigenvalue weighted by atomic mass is 35.5. The second-order valence-corrected chi connectivity index (χ2v) is 10.00.